The van der Waals surface area contributed by atoms with E-state index in [0.717, 1.165) is 16.7 Å². The number of rotatable bonds is 2. The molecule has 0 amide bonds. The Morgan fingerprint density at radius 3 is 1.69 bits per heavy atom. The van der Waals surface area contributed by atoms with E-state index >= 15 is 0 Å². The van der Waals surface area contributed by atoms with Gasteiger partial charge in [0.15, 0.2) is 0 Å². The standard InChI is InChI=1S/C14H16ClFO.C14H17FO2.CH4/c15-13-8-17-14(9-3-1-2-4-9)11-6-5-10(16)7-12(11)13;15-10-5-6-11-12(7-10)13(16)8-17-14(11)9-3-1-2-4-9;/h5-7,9,13-14H,1-4,8H2;5-7,9,13-14,16H,1-4,8H2;1H4. The van der Waals surface area contributed by atoms with Crippen LogP contribution in [0.5, 0.6) is 0 Å². The van der Waals surface area contributed by atoms with Crippen molar-refractivity contribution in [1.82, 2.24) is 0 Å². The smallest absolute Gasteiger partial charge is 0.123 e. The summed E-state index contributed by atoms with van der Waals surface area (Å²) in [4.78, 5) is 0. The van der Waals surface area contributed by atoms with Crippen molar-refractivity contribution in [3.63, 3.8) is 0 Å². The minimum absolute atomic E-state index is 0. The molecule has 0 saturated heterocycles. The Labute approximate surface area is 212 Å². The zero-order chi connectivity index (χ0) is 23.7. The van der Waals surface area contributed by atoms with Crippen LogP contribution in [0, 0.1) is 23.5 Å². The lowest BCUT2D eigenvalue weighted by Gasteiger charge is -2.33. The monoisotopic (exact) mass is 506 g/mol. The summed E-state index contributed by atoms with van der Waals surface area (Å²) < 4.78 is 38.1. The molecule has 1 N–H and O–H groups in total. The highest BCUT2D eigenvalue weighted by molar-refractivity contribution is 6.21. The third kappa shape index (κ3) is 5.74. The van der Waals surface area contributed by atoms with E-state index in [1.54, 1.807) is 12.1 Å². The van der Waals surface area contributed by atoms with Crippen LogP contribution in [0.2, 0.25) is 0 Å². The molecule has 6 heteroatoms. The molecule has 4 atom stereocenters. The summed E-state index contributed by atoms with van der Waals surface area (Å²) in [5, 5.41) is 9.64. The highest BCUT2D eigenvalue weighted by atomic mass is 35.5. The summed E-state index contributed by atoms with van der Waals surface area (Å²) in [6.07, 6.45) is 9.36. The van der Waals surface area contributed by atoms with E-state index in [2.05, 4.69) is 0 Å². The second kappa shape index (κ2) is 11.7. The molecule has 0 radical (unpaired) electrons. The number of hydrogen-bond donors (Lipinski definition) is 1. The van der Waals surface area contributed by atoms with Gasteiger partial charge in [0, 0.05) is 0 Å². The molecular formula is C29H37ClF2O3. The first-order chi connectivity index (χ1) is 16.5. The van der Waals surface area contributed by atoms with Crippen molar-refractivity contribution in [2.45, 2.75) is 82.5 Å². The van der Waals surface area contributed by atoms with E-state index in [1.807, 2.05) is 6.07 Å². The molecule has 6 rings (SSSR count). The quantitative estimate of drug-likeness (QED) is 0.418. The number of alkyl halides is 1. The highest BCUT2D eigenvalue weighted by Gasteiger charge is 2.35. The summed E-state index contributed by atoms with van der Waals surface area (Å²) in [6.45, 7) is 0.788. The fraction of sp³-hybridized carbons (Fsp3) is 0.586. The summed E-state index contributed by atoms with van der Waals surface area (Å²) >= 11 is 6.20. The molecular weight excluding hydrogens is 470 g/mol. The van der Waals surface area contributed by atoms with Crippen molar-refractivity contribution < 1.29 is 23.4 Å². The van der Waals surface area contributed by atoms with Crippen LogP contribution < -0.4 is 0 Å². The van der Waals surface area contributed by atoms with Gasteiger partial charge in [0.1, 0.15) is 17.7 Å². The van der Waals surface area contributed by atoms with Crippen LogP contribution in [-0.2, 0) is 9.47 Å². The fourth-order valence-corrected chi connectivity index (χ4v) is 6.47. The lowest BCUT2D eigenvalue weighted by atomic mass is 9.87. The van der Waals surface area contributed by atoms with Gasteiger partial charge in [0.25, 0.3) is 0 Å². The zero-order valence-electron chi connectivity index (χ0n) is 19.4. The first kappa shape index (κ1) is 26.5. The minimum Gasteiger partial charge on any atom is -0.386 e. The van der Waals surface area contributed by atoms with Gasteiger partial charge in [0.05, 0.1) is 30.8 Å². The molecule has 0 aromatic heterocycles. The Balaban J connectivity index is 0.000000160. The van der Waals surface area contributed by atoms with Gasteiger partial charge < -0.3 is 14.6 Å². The van der Waals surface area contributed by atoms with Gasteiger partial charge in [-0.05, 0) is 84.0 Å². The molecule has 2 aromatic rings. The normalized spacial score (nSPS) is 28.5. The average molecular weight is 507 g/mol. The molecule has 4 unspecified atom stereocenters. The maximum atomic E-state index is 13.3. The Bertz CT molecular complexity index is 908. The number of hydrogen-bond acceptors (Lipinski definition) is 3. The largest absolute Gasteiger partial charge is 0.386 e. The third-order valence-corrected chi connectivity index (χ3v) is 8.28. The molecule has 192 valence electrons. The molecule has 0 spiro atoms. The molecule has 2 aliphatic heterocycles. The lowest BCUT2D eigenvalue weighted by molar-refractivity contribution is -0.0547. The van der Waals surface area contributed by atoms with Gasteiger partial charge in [-0.15, -0.1) is 11.6 Å². The van der Waals surface area contributed by atoms with Crippen molar-refractivity contribution in [2.75, 3.05) is 13.2 Å². The summed E-state index contributed by atoms with van der Waals surface area (Å²) in [6, 6.07) is 9.61. The number of ether oxygens (including phenoxy) is 2. The van der Waals surface area contributed by atoms with Gasteiger partial charge in [-0.1, -0.05) is 45.2 Å². The number of benzene rings is 2. The predicted octanol–water partition coefficient (Wildman–Crippen LogP) is 8.12. The Morgan fingerprint density at radius 2 is 1.14 bits per heavy atom. The predicted molar refractivity (Wildman–Crippen MR) is 134 cm³/mol. The van der Waals surface area contributed by atoms with Gasteiger partial charge in [-0.3, -0.25) is 0 Å². The van der Waals surface area contributed by atoms with Crippen molar-refractivity contribution in [3.8, 4) is 0 Å². The highest BCUT2D eigenvalue weighted by Crippen LogP contribution is 2.45. The van der Waals surface area contributed by atoms with Crippen LogP contribution in [0.15, 0.2) is 36.4 Å². The molecule has 35 heavy (non-hydrogen) atoms. The number of aliphatic hydroxyl groups is 1. The van der Waals surface area contributed by atoms with Crippen molar-refractivity contribution >= 4 is 11.6 Å². The van der Waals surface area contributed by atoms with Crippen molar-refractivity contribution in [3.05, 3.63) is 70.3 Å². The maximum absolute atomic E-state index is 13.3. The second-order valence-electron chi connectivity index (χ2n) is 10.1. The van der Waals surface area contributed by atoms with Crippen LogP contribution in [0.3, 0.4) is 0 Å². The van der Waals surface area contributed by atoms with Gasteiger partial charge in [-0.25, -0.2) is 8.78 Å². The fourth-order valence-electron chi connectivity index (χ4n) is 6.21. The number of halogens is 3. The molecule has 0 bridgehead atoms. The van der Waals surface area contributed by atoms with Crippen molar-refractivity contribution in [2.24, 2.45) is 11.8 Å². The molecule has 2 aromatic carbocycles. The molecule has 3 nitrogen and oxygen atoms in total. The Kier molecular flexibility index (Phi) is 8.85. The molecule has 2 fully saturated rings. The van der Waals surface area contributed by atoms with E-state index < -0.39 is 6.10 Å². The van der Waals surface area contributed by atoms with Crippen LogP contribution >= 0.6 is 11.6 Å². The van der Waals surface area contributed by atoms with E-state index in [-0.39, 0.29) is 43.3 Å². The summed E-state index contributed by atoms with van der Waals surface area (Å²) in [5.41, 5.74) is 3.73. The first-order valence-corrected chi connectivity index (χ1v) is 13.1. The van der Waals surface area contributed by atoms with Gasteiger partial charge in [-0.2, -0.15) is 0 Å². The zero-order valence-corrected chi connectivity index (χ0v) is 20.2. The topological polar surface area (TPSA) is 38.7 Å². The third-order valence-electron chi connectivity index (χ3n) is 7.92. The lowest BCUT2D eigenvalue weighted by Crippen LogP contribution is -2.25. The first-order valence-electron chi connectivity index (χ1n) is 12.7. The van der Waals surface area contributed by atoms with Crippen LogP contribution in [0.1, 0.15) is 105 Å². The Morgan fingerprint density at radius 1 is 0.686 bits per heavy atom. The van der Waals surface area contributed by atoms with E-state index in [4.69, 9.17) is 21.1 Å². The summed E-state index contributed by atoms with van der Waals surface area (Å²) in [5.74, 6) is 0.631. The Hall–Kier alpha value is -1.53. The number of aliphatic hydroxyl groups excluding tert-OH is 1. The van der Waals surface area contributed by atoms with Crippen LogP contribution in [0.4, 0.5) is 8.78 Å². The van der Waals surface area contributed by atoms with Gasteiger partial charge >= 0.3 is 0 Å². The van der Waals surface area contributed by atoms with E-state index in [1.165, 1.54) is 69.6 Å². The minimum atomic E-state index is -0.682. The van der Waals surface area contributed by atoms with Crippen LogP contribution in [0.25, 0.3) is 0 Å². The second-order valence-corrected chi connectivity index (χ2v) is 10.7. The molecule has 2 aliphatic carbocycles. The molecule has 2 heterocycles. The molecule has 4 aliphatic rings. The molecule has 2 saturated carbocycles. The summed E-state index contributed by atoms with van der Waals surface area (Å²) in [7, 11) is 0. The van der Waals surface area contributed by atoms with Crippen LogP contribution in [-0.4, -0.2) is 18.3 Å². The SMILES string of the molecule is C.Fc1ccc2c(c1)C(Cl)COC2C1CCCC1.OC1COC(C2CCCC2)c2ccc(F)cc21. The maximum Gasteiger partial charge on any atom is 0.123 e. The van der Waals surface area contributed by atoms with Crippen molar-refractivity contribution in [1.29, 1.82) is 0 Å². The average Bonchev–Trinajstić information content (AvgIpc) is 3.56. The van der Waals surface area contributed by atoms with E-state index in [9.17, 15) is 13.9 Å². The van der Waals surface area contributed by atoms with E-state index in [0.29, 0.717) is 24.0 Å². The van der Waals surface area contributed by atoms with Gasteiger partial charge in [0.2, 0.25) is 0 Å². The number of fused-ring (bicyclic) bond motifs is 2.